The predicted molar refractivity (Wildman–Crippen MR) is 83.5 cm³/mol. The fraction of sp³-hybridized carbons (Fsp3) is 0.214. The Morgan fingerprint density at radius 2 is 1.94 bits per heavy atom. The van der Waals surface area contributed by atoms with E-state index in [4.69, 9.17) is 0 Å². The quantitative estimate of drug-likeness (QED) is 0.750. The van der Waals surface area contributed by atoms with E-state index < -0.39 is 0 Å². The highest BCUT2D eigenvalue weighted by atomic mass is 79.9. The molecule has 0 N–H and O–H groups in total. The van der Waals surface area contributed by atoms with Crippen LogP contribution in [0.1, 0.15) is 12.5 Å². The molecule has 0 unspecified atom stereocenters. The van der Waals surface area contributed by atoms with Gasteiger partial charge < -0.3 is 4.90 Å². The largest absolute Gasteiger partial charge is 0.325 e. The van der Waals surface area contributed by atoms with E-state index in [1.807, 2.05) is 12.3 Å². The molecule has 2 aromatic rings. The van der Waals surface area contributed by atoms with Crippen LogP contribution in [0.15, 0.2) is 45.5 Å². The Bertz CT molecular complexity index is 555. The van der Waals surface area contributed by atoms with Crippen molar-refractivity contribution in [3.05, 3.63) is 51.0 Å². The molecule has 0 bridgehead atoms. The van der Waals surface area contributed by atoms with Crippen LogP contribution in [0.3, 0.4) is 0 Å². The summed E-state index contributed by atoms with van der Waals surface area (Å²) in [6.45, 7) is 5.12. The van der Waals surface area contributed by atoms with Gasteiger partial charge in [0.25, 0.3) is 0 Å². The second kappa shape index (κ2) is 5.85. The normalized spacial score (nSPS) is 10.4. The van der Waals surface area contributed by atoms with Crippen molar-refractivity contribution < 1.29 is 0 Å². The molecule has 4 heteroatoms. The monoisotopic (exact) mass is 368 g/mol. The van der Waals surface area contributed by atoms with Gasteiger partial charge in [-0.15, -0.1) is 0 Å². The molecule has 2 nitrogen and oxygen atoms in total. The maximum Gasteiger partial charge on any atom is 0.147 e. The van der Waals surface area contributed by atoms with Gasteiger partial charge in [-0.2, -0.15) is 0 Å². The molecular formula is C14H14Br2N2. The number of hydrogen-bond acceptors (Lipinski definition) is 2. The third-order valence-corrected chi connectivity index (χ3v) is 3.78. The summed E-state index contributed by atoms with van der Waals surface area (Å²) in [6.07, 6.45) is 1.82. The van der Waals surface area contributed by atoms with E-state index in [0.29, 0.717) is 0 Å². The lowest BCUT2D eigenvalue weighted by Crippen LogP contribution is -2.18. The van der Waals surface area contributed by atoms with Gasteiger partial charge in [-0.25, -0.2) is 4.98 Å². The van der Waals surface area contributed by atoms with Crippen molar-refractivity contribution in [3.63, 3.8) is 0 Å². The number of aromatic nitrogens is 1. The van der Waals surface area contributed by atoms with Crippen LogP contribution < -0.4 is 4.90 Å². The number of halogens is 2. The minimum Gasteiger partial charge on any atom is -0.325 e. The van der Waals surface area contributed by atoms with E-state index in [1.54, 1.807) is 0 Å². The number of aryl methyl sites for hydroxylation is 1. The van der Waals surface area contributed by atoms with Gasteiger partial charge in [0.05, 0.1) is 4.47 Å². The first-order chi connectivity index (χ1) is 8.63. The Balaban J connectivity index is 2.49. The second-order valence-electron chi connectivity index (χ2n) is 3.99. The van der Waals surface area contributed by atoms with Gasteiger partial charge in [0, 0.05) is 22.9 Å². The number of nitrogens with zero attached hydrogens (tertiary/aromatic N) is 2. The Kier molecular flexibility index (Phi) is 4.40. The number of benzene rings is 1. The van der Waals surface area contributed by atoms with Gasteiger partial charge in [-0.05, 0) is 63.4 Å². The van der Waals surface area contributed by atoms with E-state index in [2.05, 4.69) is 79.9 Å². The fourth-order valence-corrected chi connectivity index (χ4v) is 3.11. The van der Waals surface area contributed by atoms with Gasteiger partial charge in [0.2, 0.25) is 0 Å². The lowest BCUT2D eigenvalue weighted by Gasteiger charge is -2.25. The second-order valence-corrected chi connectivity index (χ2v) is 5.76. The van der Waals surface area contributed by atoms with Crippen molar-refractivity contribution in [2.75, 3.05) is 11.4 Å². The number of para-hydroxylation sites is 1. The molecule has 2 rings (SSSR count). The Hall–Kier alpha value is -0.870. The van der Waals surface area contributed by atoms with Gasteiger partial charge >= 0.3 is 0 Å². The lowest BCUT2D eigenvalue weighted by atomic mass is 10.2. The van der Waals surface area contributed by atoms with Crippen LogP contribution in [-0.2, 0) is 0 Å². The van der Waals surface area contributed by atoms with Crippen molar-refractivity contribution in [2.45, 2.75) is 13.8 Å². The molecular weight excluding hydrogens is 356 g/mol. The maximum absolute atomic E-state index is 4.50. The average molecular weight is 370 g/mol. The summed E-state index contributed by atoms with van der Waals surface area (Å²) in [7, 11) is 0. The summed E-state index contributed by atoms with van der Waals surface area (Å²) >= 11 is 7.00. The van der Waals surface area contributed by atoms with Crippen LogP contribution in [0.25, 0.3) is 0 Å². The number of hydrogen-bond donors (Lipinski definition) is 0. The molecule has 0 radical (unpaired) electrons. The first-order valence-corrected chi connectivity index (χ1v) is 7.36. The van der Waals surface area contributed by atoms with Crippen LogP contribution in [-0.4, -0.2) is 11.5 Å². The van der Waals surface area contributed by atoms with E-state index in [-0.39, 0.29) is 0 Å². The summed E-state index contributed by atoms with van der Waals surface area (Å²) < 4.78 is 1.96. The molecule has 1 aromatic heterocycles. The first-order valence-electron chi connectivity index (χ1n) is 5.77. The zero-order valence-corrected chi connectivity index (χ0v) is 13.5. The number of anilines is 2. The summed E-state index contributed by atoms with van der Waals surface area (Å²) in [4.78, 5) is 6.70. The van der Waals surface area contributed by atoms with Crippen molar-refractivity contribution >= 4 is 43.4 Å². The molecule has 0 amide bonds. The summed E-state index contributed by atoms with van der Waals surface area (Å²) in [6, 6.07) is 10.4. The van der Waals surface area contributed by atoms with Crippen LogP contribution in [0.4, 0.5) is 11.5 Å². The van der Waals surface area contributed by atoms with Crippen molar-refractivity contribution in [2.24, 2.45) is 0 Å². The number of rotatable bonds is 3. The maximum atomic E-state index is 4.50. The zero-order chi connectivity index (χ0) is 13.1. The highest BCUT2D eigenvalue weighted by molar-refractivity contribution is 9.11. The van der Waals surface area contributed by atoms with Crippen molar-refractivity contribution in [1.82, 2.24) is 4.98 Å². The van der Waals surface area contributed by atoms with Crippen molar-refractivity contribution in [3.8, 4) is 0 Å². The predicted octanol–water partition coefficient (Wildman–Crippen LogP) is 5.07. The summed E-state index contributed by atoms with van der Waals surface area (Å²) in [5.74, 6) is 0.940. The Morgan fingerprint density at radius 3 is 2.56 bits per heavy atom. The third kappa shape index (κ3) is 2.75. The molecule has 1 heterocycles. The minimum atomic E-state index is 0.873. The molecule has 0 atom stereocenters. The molecule has 94 valence electrons. The van der Waals surface area contributed by atoms with Gasteiger partial charge in [0.1, 0.15) is 5.82 Å². The molecule has 0 fully saturated rings. The molecule has 0 saturated heterocycles. The topological polar surface area (TPSA) is 16.1 Å². The van der Waals surface area contributed by atoms with Crippen LogP contribution in [0.5, 0.6) is 0 Å². The molecule has 0 saturated carbocycles. The molecule has 0 aliphatic rings. The van der Waals surface area contributed by atoms with Crippen LogP contribution in [0, 0.1) is 6.92 Å². The highest BCUT2D eigenvalue weighted by Crippen LogP contribution is 2.33. The Morgan fingerprint density at radius 1 is 1.22 bits per heavy atom. The highest BCUT2D eigenvalue weighted by Gasteiger charge is 2.13. The SMILES string of the molecule is CCN(c1ccccc1C)c1ncc(Br)cc1Br. The van der Waals surface area contributed by atoms with E-state index in [0.717, 1.165) is 21.3 Å². The van der Waals surface area contributed by atoms with E-state index >= 15 is 0 Å². The molecule has 0 aliphatic heterocycles. The summed E-state index contributed by atoms with van der Waals surface area (Å²) in [5.41, 5.74) is 2.44. The smallest absolute Gasteiger partial charge is 0.147 e. The van der Waals surface area contributed by atoms with Crippen LogP contribution >= 0.6 is 31.9 Å². The zero-order valence-electron chi connectivity index (χ0n) is 10.3. The minimum absolute atomic E-state index is 0.873. The molecule has 18 heavy (non-hydrogen) atoms. The van der Waals surface area contributed by atoms with Crippen LogP contribution in [0.2, 0.25) is 0 Å². The molecule has 1 aromatic carbocycles. The molecule has 0 aliphatic carbocycles. The fourth-order valence-electron chi connectivity index (χ4n) is 1.91. The third-order valence-electron chi connectivity index (χ3n) is 2.77. The van der Waals surface area contributed by atoms with Gasteiger partial charge in [-0.1, -0.05) is 18.2 Å². The number of pyridine rings is 1. The van der Waals surface area contributed by atoms with Gasteiger partial charge in [-0.3, -0.25) is 0 Å². The summed E-state index contributed by atoms with van der Waals surface area (Å²) in [5, 5.41) is 0. The first kappa shape index (κ1) is 13.6. The average Bonchev–Trinajstić information content (AvgIpc) is 2.34. The van der Waals surface area contributed by atoms with Gasteiger partial charge in [0.15, 0.2) is 0 Å². The van der Waals surface area contributed by atoms with Crippen molar-refractivity contribution in [1.29, 1.82) is 0 Å². The standard InChI is InChI=1S/C14H14Br2N2/c1-3-18(13-7-5-4-6-10(13)2)14-12(16)8-11(15)9-17-14/h4-9H,3H2,1-2H3. The lowest BCUT2D eigenvalue weighted by molar-refractivity contribution is 0.976. The van der Waals surface area contributed by atoms with E-state index in [9.17, 15) is 0 Å². The molecule has 0 spiro atoms. The van der Waals surface area contributed by atoms with E-state index in [1.165, 1.54) is 11.3 Å². The Labute approximate surface area is 124 Å².